The van der Waals surface area contributed by atoms with Gasteiger partial charge in [-0.25, -0.2) is 0 Å². The Morgan fingerprint density at radius 1 is 1.00 bits per heavy atom. The minimum absolute atomic E-state index is 0.0167. The molecule has 3 unspecified atom stereocenters. The van der Waals surface area contributed by atoms with Gasteiger partial charge in [0.2, 0.25) is 0 Å². The van der Waals surface area contributed by atoms with E-state index in [0.29, 0.717) is 0 Å². The molecule has 0 amide bonds. The first-order chi connectivity index (χ1) is 9.12. The smallest absolute Gasteiger partial charge is 0.0739 e. The van der Waals surface area contributed by atoms with Gasteiger partial charge >= 0.3 is 0 Å². The lowest BCUT2D eigenvalue weighted by atomic mass is 9.60. The minimum Gasteiger partial charge on any atom is -0.391 e. The molecule has 4 aliphatic heterocycles. The highest BCUT2D eigenvalue weighted by Crippen LogP contribution is 2.48. The topological polar surface area (TPSA) is 26.7 Å². The number of aliphatic hydroxyl groups is 1. The van der Waals surface area contributed by atoms with Crippen molar-refractivity contribution in [1.29, 1.82) is 0 Å². The molecule has 3 atom stereocenters. The van der Waals surface area contributed by atoms with Crippen molar-refractivity contribution in [2.24, 2.45) is 5.41 Å². The van der Waals surface area contributed by atoms with Crippen LogP contribution >= 0.6 is 0 Å². The molecule has 5 rings (SSSR count). The van der Waals surface area contributed by atoms with E-state index in [1.807, 2.05) is 0 Å². The highest BCUT2D eigenvalue weighted by atomic mass is 16.3. The van der Waals surface area contributed by atoms with Crippen LogP contribution in [0.4, 0.5) is 0 Å². The van der Waals surface area contributed by atoms with Crippen molar-refractivity contribution in [3.63, 3.8) is 0 Å². The second-order valence-electron chi connectivity index (χ2n) is 7.00. The molecule has 0 aliphatic carbocycles. The average Bonchev–Trinajstić information content (AvgIpc) is 2.64. The predicted molar refractivity (Wildman–Crippen MR) is 75.1 cm³/mol. The molecule has 1 aromatic rings. The summed E-state index contributed by atoms with van der Waals surface area (Å²) in [6.45, 7) is 8.65. The molecule has 4 fully saturated rings. The Balaban J connectivity index is 1.87. The number of aliphatic hydroxyl groups excluding tert-OH is 1. The monoisotopic (exact) mass is 258 g/mol. The zero-order chi connectivity index (χ0) is 13.1. The van der Waals surface area contributed by atoms with Crippen molar-refractivity contribution in [2.75, 3.05) is 39.3 Å². The van der Waals surface area contributed by atoms with Crippen molar-refractivity contribution in [2.45, 2.75) is 18.4 Å². The molecule has 0 saturated carbocycles. The maximum absolute atomic E-state index is 11.1. The minimum atomic E-state index is -0.229. The first kappa shape index (κ1) is 11.9. The van der Waals surface area contributed by atoms with Crippen LogP contribution in [0, 0.1) is 5.41 Å². The quantitative estimate of drug-likeness (QED) is 0.812. The number of nitrogens with zero attached hydrogens (tertiary/aromatic N) is 2. The molecule has 102 valence electrons. The number of fused-ring (bicyclic) bond motifs is 1. The second-order valence-corrected chi connectivity index (χ2v) is 7.00. The SMILES string of the molecule is CC12CN3CCN(C1)CC(c1ccccc1)(C3)C2O. The van der Waals surface area contributed by atoms with Crippen LogP contribution < -0.4 is 0 Å². The van der Waals surface area contributed by atoms with Crippen LogP contribution in [0.2, 0.25) is 0 Å². The summed E-state index contributed by atoms with van der Waals surface area (Å²) in [6, 6.07) is 10.7. The van der Waals surface area contributed by atoms with Crippen molar-refractivity contribution in [1.82, 2.24) is 9.80 Å². The Morgan fingerprint density at radius 2 is 1.58 bits per heavy atom. The van der Waals surface area contributed by atoms with Crippen molar-refractivity contribution >= 4 is 0 Å². The Hall–Kier alpha value is -0.900. The van der Waals surface area contributed by atoms with Gasteiger partial charge in [0, 0.05) is 50.1 Å². The largest absolute Gasteiger partial charge is 0.391 e. The van der Waals surface area contributed by atoms with Gasteiger partial charge in [-0.15, -0.1) is 0 Å². The third-order valence-electron chi connectivity index (χ3n) is 5.45. The highest BCUT2D eigenvalue weighted by Gasteiger charge is 2.59. The van der Waals surface area contributed by atoms with Gasteiger partial charge < -0.3 is 14.9 Å². The first-order valence-electron chi connectivity index (χ1n) is 7.31. The standard InChI is InChI=1S/C16H22N2O/c1-15-9-17-7-8-18(10-15)12-16(11-17,14(15)19)13-5-3-2-4-6-13/h2-6,14,19H,7-12H2,1H3. The molecule has 4 bridgehead atoms. The fourth-order valence-electron chi connectivity index (χ4n) is 4.75. The van der Waals surface area contributed by atoms with Gasteiger partial charge in [0.1, 0.15) is 0 Å². The van der Waals surface area contributed by atoms with Gasteiger partial charge in [0.25, 0.3) is 0 Å². The normalized spacial score (nSPS) is 48.2. The van der Waals surface area contributed by atoms with Gasteiger partial charge in [0.15, 0.2) is 0 Å². The van der Waals surface area contributed by atoms with Crippen LogP contribution in [0.1, 0.15) is 12.5 Å². The molecule has 1 aromatic carbocycles. The molecule has 4 heterocycles. The van der Waals surface area contributed by atoms with E-state index in [9.17, 15) is 5.11 Å². The van der Waals surface area contributed by atoms with Gasteiger partial charge in [-0.2, -0.15) is 0 Å². The second kappa shape index (κ2) is 3.81. The van der Waals surface area contributed by atoms with E-state index in [0.717, 1.165) is 39.3 Å². The summed E-state index contributed by atoms with van der Waals surface area (Å²) in [4.78, 5) is 5.12. The van der Waals surface area contributed by atoms with Crippen LogP contribution in [-0.4, -0.2) is 60.3 Å². The molecular formula is C16H22N2O. The third kappa shape index (κ3) is 1.55. The molecule has 4 saturated heterocycles. The lowest BCUT2D eigenvalue weighted by Crippen LogP contribution is -2.70. The summed E-state index contributed by atoms with van der Waals surface area (Å²) >= 11 is 0. The Labute approximate surface area is 114 Å². The summed E-state index contributed by atoms with van der Waals surface area (Å²) in [7, 11) is 0. The fourth-order valence-corrected chi connectivity index (χ4v) is 4.75. The van der Waals surface area contributed by atoms with Crippen molar-refractivity contribution in [3.05, 3.63) is 35.9 Å². The van der Waals surface area contributed by atoms with E-state index in [2.05, 4.69) is 47.1 Å². The third-order valence-corrected chi connectivity index (χ3v) is 5.45. The van der Waals surface area contributed by atoms with E-state index >= 15 is 0 Å². The molecule has 3 nitrogen and oxygen atoms in total. The molecule has 0 radical (unpaired) electrons. The van der Waals surface area contributed by atoms with Crippen molar-refractivity contribution < 1.29 is 5.11 Å². The average molecular weight is 258 g/mol. The number of hydrogen-bond acceptors (Lipinski definition) is 3. The number of piperidine rings is 2. The summed E-state index contributed by atoms with van der Waals surface area (Å²) in [5.41, 5.74) is 1.23. The van der Waals surface area contributed by atoms with Gasteiger partial charge in [-0.1, -0.05) is 37.3 Å². The lowest BCUT2D eigenvalue weighted by molar-refractivity contribution is -0.125. The highest BCUT2D eigenvalue weighted by molar-refractivity contribution is 5.33. The molecular weight excluding hydrogens is 236 g/mol. The lowest BCUT2D eigenvalue weighted by Gasteiger charge is -2.58. The summed E-state index contributed by atoms with van der Waals surface area (Å²) in [5.74, 6) is 0. The van der Waals surface area contributed by atoms with Gasteiger partial charge in [-0.3, -0.25) is 0 Å². The maximum atomic E-state index is 11.1. The van der Waals surface area contributed by atoms with Crippen LogP contribution in [0.25, 0.3) is 0 Å². The van der Waals surface area contributed by atoms with E-state index in [4.69, 9.17) is 0 Å². The van der Waals surface area contributed by atoms with Crippen LogP contribution in [-0.2, 0) is 5.41 Å². The van der Waals surface area contributed by atoms with E-state index in [1.165, 1.54) is 5.56 Å². The Bertz CT molecular complexity index is 471. The Morgan fingerprint density at radius 3 is 2.16 bits per heavy atom. The molecule has 0 spiro atoms. The molecule has 1 N–H and O–H groups in total. The van der Waals surface area contributed by atoms with Crippen LogP contribution in [0.5, 0.6) is 0 Å². The van der Waals surface area contributed by atoms with E-state index < -0.39 is 0 Å². The first-order valence-corrected chi connectivity index (χ1v) is 7.31. The maximum Gasteiger partial charge on any atom is 0.0739 e. The fraction of sp³-hybridized carbons (Fsp3) is 0.625. The van der Waals surface area contributed by atoms with E-state index in [1.54, 1.807) is 0 Å². The van der Waals surface area contributed by atoms with Crippen LogP contribution in [0.3, 0.4) is 0 Å². The summed E-state index contributed by atoms with van der Waals surface area (Å²) < 4.78 is 0. The molecule has 3 heteroatoms. The van der Waals surface area contributed by atoms with Crippen molar-refractivity contribution in [3.8, 4) is 0 Å². The zero-order valence-corrected chi connectivity index (χ0v) is 11.5. The number of rotatable bonds is 1. The molecule has 19 heavy (non-hydrogen) atoms. The number of hydrogen-bond donors (Lipinski definition) is 1. The zero-order valence-electron chi connectivity index (χ0n) is 11.5. The number of benzene rings is 1. The van der Waals surface area contributed by atoms with Gasteiger partial charge in [0.05, 0.1) is 6.10 Å². The Kier molecular flexibility index (Phi) is 2.39. The molecule has 4 aliphatic rings. The van der Waals surface area contributed by atoms with E-state index in [-0.39, 0.29) is 16.9 Å². The predicted octanol–water partition coefficient (Wildman–Crippen LogP) is 0.936. The molecule has 0 aromatic heterocycles. The summed E-state index contributed by atoms with van der Waals surface area (Å²) in [6.07, 6.45) is -0.229. The van der Waals surface area contributed by atoms with Crippen LogP contribution in [0.15, 0.2) is 30.3 Å². The summed E-state index contributed by atoms with van der Waals surface area (Å²) in [5, 5.41) is 11.1. The van der Waals surface area contributed by atoms with Gasteiger partial charge in [-0.05, 0) is 5.56 Å².